The fraction of sp³-hybridized carbons (Fsp3) is 0.846. The summed E-state index contributed by atoms with van der Waals surface area (Å²) in [6.07, 6.45) is 3.22. The van der Waals surface area contributed by atoms with E-state index in [-0.39, 0.29) is 17.9 Å². The van der Waals surface area contributed by atoms with E-state index < -0.39 is 0 Å². The van der Waals surface area contributed by atoms with Crippen LogP contribution in [0.2, 0.25) is 0 Å². The van der Waals surface area contributed by atoms with E-state index in [2.05, 4.69) is 17.1 Å². The van der Waals surface area contributed by atoms with Crippen LogP contribution in [0.25, 0.3) is 0 Å². The second kappa shape index (κ2) is 6.18. The van der Waals surface area contributed by atoms with Gasteiger partial charge in [0, 0.05) is 32.6 Å². The van der Waals surface area contributed by atoms with Gasteiger partial charge in [0.15, 0.2) is 0 Å². The Morgan fingerprint density at radius 1 is 1.28 bits per heavy atom. The van der Waals surface area contributed by atoms with E-state index in [0.29, 0.717) is 6.42 Å². The first-order valence-electron chi connectivity index (χ1n) is 7.01. The lowest BCUT2D eigenvalue weighted by atomic mass is 10.1. The van der Waals surface area contributed by atoms with Crippen LogP contribution in [0.1, 0.15) is 32.6 Å². The molecule has 0 bridgehead atoms. The monoisotopic (exact) mass is 253 g/mol. The molecule has 0 unspecified atom stereocenters. The fourth-order valence-corrected chi connectivity index (χ4v) is 2.66. The molecule has 0 aliphatic carbocycles. The number of amides is 2. The van der Waals surface area contributed by atoms with Crippen molar-refractivity contribution >= 4 is 11.8 Å². The molecule has 102 valence electrons. The largest absolute Gasteiger partial charge is 0.344 e. The number of hydrogen-bond donors (Lipinski definition) is 1. The standard InChI is InChI=1S/C13H23N3O2/c1-2-15-7-9-16(10-8-15)13(18)11-5-3-4-6-12(17)14-11/h11H,2-10H2,1H3,(H,14,17)/t11-/m1/s1. The molecule has 1 atom stereocenters. The third-order valence-electron chi connectivity index (χ3n) is 3.91. The number of nitrogens with zero attached hydrogens (tertiary/aromatic N) is 2. The molecule has 2 heterocycles. The van der Waals surface area contributed by atoms with E-state index in [1.807, 2.05) is 4.90 Å². The molecule has 2 amide bonds. The van der Waals surface area contributed by atoms with Crippen LogP contribution < -0.4 is 5.32 Å². The van der Waals surface area contributed by atoms with E-state index in [1.165, 1.54) is 0 Å². The maximum atomic E-state index is 12.3. The Hall–Kier alpha value is -1.10. The second-order valence-electron chi connectivity index (χ2n) is 5.13. The van der Waals surface area contributed by atoms with E-state index in [4.69, 9.17) is 0 Å². The van der Waals surface area contributed by atoms with Crippen molar-refractivity contribution in [3.63, 3.8) is 0 Å². The van der Waals surface area contributed by atoms with E-state index in [0.717, 1.165) is 52.0 Å². The van der Waals surface area contributed by atoms with Crippen LogP contribution in [0.4, 0.5) is 0 Å². The molecular weight excluding hydrogens is 230 g/mol. The zero-order valence-electron chi connectivity index (χ0n) is 11.2. The summed E-state index contributed by atoms with van der Waals surface area (Å²) in [6, 6.07) is -0.284. The first kappa shape index (κ1) is 13.3. The van der Waals surface area contributed by atoms with Crippen molar-refractivity contribution in [3.8, 4) is 0 Å². The van der Waals surface area contributed by atoms with Crippen molar-refractivity contribution in [1.29, 1.82) is 0 Å². The van der Waals surface area contributed by atoms with Crippen LogP contribution in [0.3, 0.4) is 0 Å². The van der Waals surface area contributed by atoms with Gasteiger partial charge in [0.05, 0.1) is 0 Å². The Morgan fingerprint density at radius 2 is 2.00 bits per heavy atom. The predicted molar refractivity (Wildman–Crippen MR) is 69.1 cm³/mol. The summed E-state index contributed by atoms with van der Waals surface area (Å²) in [5.74, 6) is 0.138. The minimum atomic E-state index is -0.284. The molecular formula is C13H23N3O2. The highest BCUT2D eigenvalue weighted by molar-refractivity contribution is 5.88. The third-order valence-corrected chi connectivity index (χ3v) is 3.91. The molecule has 0 aromatic rings. The average molecular weight is 253 g/mol. The van der Waals surface area contributed by atoms with Crippen molar-refractivity contribution in [2.75, 3.05) is 32.7 Å². The smallest absolute Gasteiger partial charge is 0.245 e. The molecule has 2 saturated heterocycles. The van der Waals surface area contributed by atoms with E-state index in [9.17, 15) is 9.59 Å². The number of rotatable bonds is 2. The zero-order valence-corrected chi connectivity index (χ0v) is 11.2. The summed E-state index contributed by atoms with van der Waals surface area (Å²) in [5, 5.41) is 2.86. The Morgan fingerprint density at radius 3 is 2.67 bits per heavy atom. The summed E-state index contributed by atoms with van der Waals surface area (Å²) in [5.41, 5.74) is 0. The number of nitrogens with one attached hydrogen (secondary N) is 1. The molecule has 2 fully saturated rings. The average Bonchev–Trinajstić information content (AvgIpc) is 2.63. The lowest BCUT2D eigenvalue weighted by Gasteiger charge is -2.35. The molecule has 5 nitrogen and oxygen atoms in total. The van der Waals surface area contributed by atoms with Crippen molar-refractivity contribution < 1.29 is 9.59 Å². The van der Waals surface area contributed by atoms with Gasteiger partial charge in [-0.05, 0) is 19.4 Å². The highest BCUT2D eigenvalue weighted by Gasteiger charge is 2.29. The van der Waals surface area contributed by atoms with Gasteiger partial charge in [0.2, 0.25) is 11.8 Å². The Bertz CT molecular complexity index is 311. The van der Waals surface area contributed by atoms with Crippen LogP contribution >= 0.6 is 0 Å². The SMILES string of the molecule is CCN1CCN(C(=O)[C@H]2CCCCC(=O)N2)CC1. The van der Waals surface area contributed by atoms with Crippen LogP contribution in [-0.2, 0) is 9.59 Å². The van der Waals surface area contributed by atoms with Gasteiger partial charge in [-0.15, -0.1) is 0 Å². The van der Waals surface area contributed by atoms with E-state index >= 15 is 0 Å². The lowest BCUT2D eigenvalue weighted by Crippen LogP contribution is -2.54. The minimum Gasteiger partial charge on any atom is -0.344 e. The highest BCUT2D eigenvalue weighted by atomic mass is 16.2. The molecule has 2 aliphatic rings. The molecule has 1 N–H and O–H groups in total. The van der Waals surface area contributed by atoms with Gasteiger partial charge in [-0.2, -0.15) is 0 Å². The Balaban J connectivity index is 1.88. The zero-order chi connectivity index (χ0) is 13.0. The molecule has 5 heteroatoms. The quantitative estimate of drug-likeness (QED) is 0.765. The topological polar surface area (TPSA) is 52.7 Å². The summed E-state index contributed by atoms with van der Waals surface area (Å²) >= 11 is 0. The van der Waals surface area contributed by atoms with E-state index in [1.54, 1.807) is 0 Å². The Labute approximate surface area is 108 Å². The highest BCUT2D eigenvalue weighted by Crippen LogP contribution is 2.13. The van der Waals surface area contributed by atoms with Crippen molar-refractivity contribution in [2.45, 2.75) is 38.6 Å². The molecule has 0 saturated carbocycles. The first-order valence-corrected chi connectivity index (χ1v) is 7.01. The Kier molecular flexibility index (Phi) is 4.58. The maximum Gasteiger partial charge on any atom is 0.245 e. The molecule has 0 spiro atoms. The van der Waals surface area contributed by atoms with Crippen LogP contribution in [0, 0.1) is 0 Å². The lowest BCUT2D eigenvalue weighted by molar-refractivity contribution is -0.137. The van der Waals surface area contributed by atoms with Crippen LogP contribution in [0.5, 0.6) is 0 Å². The fourth-order valence-electron chi connectivity index (χ4n) is 2.66. The molecule has 2 aliphatic heterocycles. The molecule has 0 aromatic carbocycles. The number of piperazine rings is 1. The summed E-state index contributed by atoms with van der Waals surface area (Å²) in [7, 11) is 0. The first-order chi connectivity index (χ1) is 8.70. The summed E-state index contributed by atoms with van der Waals surface area (Å²) in [4.78, 5) is 28.1. The maximum absolute atomic E-state index is 12.3. The summed E-state index contributed by atoms with van der Waals surface area (Å²) < 4.78 is 0. The second-order valence-corrected chi connectivity index (χ2v) is 5.13. The molecule has 18 heavy (non-hydrogen) atoms. The number of hydrogen-bond acceptors (Lipinski definition) is 3. The van der Waals surface area contributed by atoms with Gasteiger partial charge < -0.3 is 15.1 Å². The summed E-state index contributed by atoms with van der Waals surface area (Å²) in [6.45, 7) is 6.66. The molecule has 0 radical (unpaired) electrons. The van der Waals surface area contributed by atoms with Gasteiger partial charge in [-0.1, -0.05) is 13.3 Å². The van der Waals surface area contributed by atoms with Crippen molar-refractivity contribution in [2.24, 2.45) is 0 Å². The van der Waals surface area contributed by atoms with Gasteiger partial charge in [-0.3, -0.25) is 9.59 Å². The third kappa shape index (κ3) is 3.22. The van der Waals surface area contributed by atoms with Gasteiger partial charge in [0.1, 0.15) is 6.04 Å². The normalized spacial score (nSPS) is 26.6. The van der Waals surface area contributed by atoms with Crippen molar-refractivity contribution in [3.05, 3.63) is 0 Å². The number of carbonyl (C=O) groups is 2. The van der Waals surface area contributed by atoms with Gasteiger partial charge in [0.25, 0.3) is 0 Å². The van der Waals surface area contributed by atoms with Gasteiger partial charge in [-0.25, -0.2) is 0 Å². The van der Waals surface area contributed by atoms with Gasteiger partial charge >= 0.3 is 0 Å². The minimum absolute atomic E-state index is 0.0260. The molecule has 0 aromatic heterocycles. The predicted octanol–water partition coefficient (Wildman–Crippen LogP) is 0.209. The number of carbonyl (C=O) groups excluding carboxylic acids is 2. The molecule has 2 rings (SSSR count). The number of likely N-dealkylation sites (N-methyl/N-ethyl adjacent to an activating group) is 1. The van der Waals surface area contributed by atoms with Crippen LogP contribution in [-0.4, -0.2) is 60.4 Å². The van der Waals surface area contributed by atoms with Crippen LogP contribution in [0.15, 0.2) is 0 Å². The van der Waals surface area contributed by atoms with Crippen molar-refractivity contribution in [1.82, 2.24) is 15.1 Å².